The lowest BCUT2D eigenvalue weighted by atomic mass is 9.88. The van der Waals surface area contributed by atoms with E-state index in [4.69, 9.17) is 16.7 Å². The Morgan fingerprint density at radius 1 is 1.03 bits per heavy atom. The molecule has 0 saturated heterocycles. The van der Waals surface area contributed by atoms with Crippen LogP contribution in [0.3, 0.4) is 0 Å². The van der Waals surface area contributed by atoms with Crippen LogP contribution < -0.4 is 0 Å². The zero-order valence-electron chi connectivity index (χ0n) is 16.9. The lowest BCUT2D eigenvalue weighted by Gasteiger charge is -2.18. The summed E-state index contributed by atoms with van der Waals surface area (Å²) in [5, 5.41) is 16.2. The number of carboxylic acid groups (broad SMARTS) is 1. The van der Waals surface area contributed by atoms with Crippen molar-refractivity contribution in [2.24, 2.45) is 0 Å². The highest BCUT2D eigenvalue weighted by Crippen LogP contribution is 2.39. The number of allylic oxidation sites excluding steroid dienone is 1. The Morgan fingerprint density at radius 3 is 2.42 bits per heavy atom. The summed E-state index contributed by atoms with van der Waals surface area (Å²) in [5.41, 5.74) is 2.17. The van der Waals surface area contributed by atoms with Gasteiger partial charge in [0.25, 0.3) is 6.43 Å². The number of hydrogen-bond acceptors (Lipinski definition) is 2. The highest BCUT2D eigenvalue weighted by atomic mass is 35.5. The molecule has 0 unspecified atom stereocenters. The van der Waals surface area contributed by atoms with Crippen molar-refractivity contribution in [3.63, 3.8) is 0 Å². The Kier molecular flexibility index (Phi) is 6.33. The molecule has 0 aliphatic carbocycles. The second-order valence-electron chi connectivity index (χ2n) is 7.18. The Bertz CT molecular complexity index is 1390. The van der Waals surface area contributed by atoms with Gasteiger partial charge in [-0.3, -0.25) is 5.10 Å². The van der Waals surface area contributed by atoms with Gasteiger partial charge in [0.05, 0.1) is 16.7 Å². The summed E-state index contributed by atoms with van der Waals surface area (Å²) in [6.07, 6.45) is 1.05. The number of H-pyrrole nitrogens is 1. The molecule has 0 bridgehead atoms. The third-order valence-corrected chi connectivity index (χ3v) is 5.37. The number of aromatic amines is 1. The maximum absolute atomic E-state index is 14.5. The summed E-state index contributed by atoms with van der Waals surface area (Å²) in [7, 11) is 0. The third kappa shape index (κ3) is 4.83. The van der Waals surface area contributed by atoms with Crippen LogP contribution in [0.4, 0.5) is 13.2 Å². The molecule has 4 rings (SSSR count). The number of nitrogens with zero attached hydrogens (tertiary/aromatic N) is 1. The summed E-state index contributed by atoms with van der Waals surface area (Å²) in [5.74, 6) is -1.73. The van der Waals surface area contributed by atoms with Crippen molar-refractivity contribution in [2.75, 3.05) is 0 Å². The van der Waals surface area contributed by atoms with E-state index in [1.807, 2.05) is 0 Å². The number of rotatable bonds is 6. The van der Waals surface area contributed by atoms with E-state index in [0.29, 0.717) is 16.7 Å². The van der Waals surface area contributed by atoms with Gasteiger partial charge in [0.15, 0.2) is 0 Å². The zero-order chi connectivity index (χ0) is 23.5. The van der Waals surface area contributed by atoms with E-state index in [9.17, 15) is 18.0 Å². The third-order valence-electron chi connectivity index (χ3n) is 5.06. The van der Waals surface area contributed by atoms with E-state index in [0.717, 1.165) is 29.1 Å². The summed E-state index contributed by atoms with van der Waals surface area (Å²) < 4.78 is 42.7. The van der Waals surface area contributed by atoms with Crippen LogP contribution in [0.25, 0.3) is 28.1 Å². The van der Waals surface area contributed by atoms with Crippen molar-refractivity contribution in [3.05, 3.63) is 106 Å². The second-order valence-corrected chi connectivity index (χ2v) is 7.59. The smallest absolute Gasteiger partial charge is 0.328 e. The first-order valence-electron chi connectivity index (χ1n) is 9.76. The molecule has 0 radical (unpaired) electrons. The Labute approximate surface area is 191 Å². The van der Waals surface area contributed by atoms with Gasteiger partial charge in [-0.2, -0.15) is 5.10 Å². The first-order chi connectivity index (χ1) is 15.8. The van der Waals surface area contributed by atoms with E-state index in [1.54, 1.807) is 48.7 Å². The lowest BCUT2D eigenvalue weighted by Crippen LogP contribution is -2.04. The average molecular weight is 469 g/mol. The van der Waals surface area contributed by atoms with Gasteiger partial charge in [-0.05, 0) is 52.6 Å². The number of aliphatic carboxylic acids is 1. The van der Waals surface area contributed by atoms with Gasteiger partial charge in [0, 0.05) is 22.6 Å². The van der Waals surface area contributed by atoms with Gasteiger partial charge >= 0.3 is 5.97 Å². The normalized spacial score (nSPS) is 12.5. The molecular weight excluding hydrogens is 453 g/mol. The molecule has 4 nitrogen and oxygen atoms in total. The van der Waals surface area contributed by atoms with Gasteiger partial charge in [0.2, 0.25) is 0 Å². The second kappa shape index (κ2) is 9.34. The number of hydrogen-bond donors (Lipinski definition) is 2. The molecule has 1 aromatic heterocycles. The van der Waals surface area contributed by atoms with Crippen LogP contribution in [0.2, 0.25) is 5.02 Å². The molecule has 4 aromatic rings. The molecule has 0 spiro atoms. The molecule has 33 heavy (non-hydrogen) atoms. The van der Waals surface area contributed by atoms with E-state index < -0.39 is 18.2 Å². The summed E-state index contributed by atoms with van der Waals surface area (Å²) >= 11 is 6.17. The van der Waals surface area contributed by atoms with E-state index in [1.165, 1.54) is 12.1 Å². The molecule has 0 amide bonds. The molecule has 166 valence electrons. The van der Waals surface area contributed by atoms with Gasteiger partial charge in [-0.25, -0.2) is 18.0 Å². The maximum Gasteiger partial charge on any atom is 0.328 e. The lowest BCUT2D eigenvalue weighted by molar-refractivity contribution is -0.131. The minimum absolute atomic E-state index is 0.0187. The van der Waals surface area contributed by atoms with Crippen LogP contribution in [-0.4, -0.2) is 27.7 Å². The van der Waals surface area contributed by atoms with Crippen LogP contribution in [-0.2, 0) is 4.79 Å². The monoisotopic (exact) mass is 468 g/mol. The number of alkyl halides is 2. The number of carboxylic acids is 1. The predicted octanol–water partition coefficient (Wildman–Crippen LogP) is 6.68. The van der Waals surface area contributed by atoms with Crippen LogP contribution in [0.15, 0.2) is 72.9 Å². The number of benzene rings is 3. The Hall–Kier alpha value is -3.84. The topological polar surface area (TPSA) is 66.0 Å². The summed E-state index contributed by atoms with van der Waals surface area (Å²) in [6, 6.07) is 15.0. The quantitative estimate of drug-likeness (QED) is 0.245. The fraction of sp³-hybridized carbons (Fsp3) is 0.0400. The largest absolute Gasteiger partial charge is 0.478 e. The Morgan fingerprint density at radius 2 is 1.76 bits per heavy atom. The van der Waals surface area contributed by atoms with Crippen molar-refractivity contribution >= 4 is 45.7 Å². The van der Waals surface area contributed by atoms with Crippen LogP contribution in [0.5, 0.6) is 0 Å². The van der Waals surface area contributed by atoms with Gasteiger partial charge in [0.1, 0.15) is 5.82 Å². The fourth-order valence-corrected chi connectivity index (χ4v) is 3.84. The van der Waals surface area contributed by atoms with Crippen molar-refractivity contribution in [3.8, 4) is 0 Å². The minimum Gasteiger partial charge on any atom is -0.478 e. The molecule has 0 fully saturated rings. The first kappa shape index (κ1) is 22.4. The number of fused-ring (bicyclic) bond motifs is 1. The number of halogens is 4. The highest BCUT2D eigenvalue weighted by Gasteiger charge is 2.24. The molecule has 0 aliphatic heterocycles. The zero-order valence-corrected chi connectivity index (χ0v) is 17.7. The first-order valence-corrected chi connectivity index (χ1v) is 10.1. The molecule has 0 aliphatic rings. The average Bonchev–Trinajstić information content (AvgIpc) is 3.25. The molecule has 8 heteroatoms. The predicted molar refractivity (Wildman–Crippen MR) is 123 cm³/mol. The van der Waals surface area contributed by atoms with Gasteiger partial charge in [-0.1, -0.05) is 48.0 Å². The van der Waals surface area contributed by atoms with Crippen molar-refractivity contribution in [2.45, 2.75) is 6.43 Å². The van der Waals surface area contributed by atoms with Crippen LogP contribution >= 0.6 is 11.6 Å². The molecule has 0 saturated carbocycles. The molecule has 1 heterocycles. The standard InChI is InChI=1S/C25H16ClF3N2O2/c26-20-12-18(27)7-8-19(20)24(25(28)29)23(16-6-9-21-17(11-16)13-30-31-21)15-4-1-14(2-5-15)3-10-22(32)33/h1-13,25H,(H,30,31)(H,32,33)/b10-3+,24-23-. The highest BCUT2D eigenvalue weighted by molar-refractivity contribution is 6.32. The number of nitrogens with one attached hydrogen (secondary N) is 1. The summed E-state index contributed by atoms with van der Waals surface area (Å²) in [4.78, 5) is 10.8. The maximum atomic E-state index is 14.5. The Balaban J connectivity index is 1.97. The molecule has 0 atom stereocenters. The molecular formula is C25H16ClF3N2O2. The molecule has 2 N–H and O–H groups in total. The molecule has 3 aromatic carbocycles. The SMILES string of the molecule is O=C(O)/C=C/c1ccc(/C(=C(\c2ccc(F)cc2Cl)C(F)F)c2ccc3[nH]ncc3c2)cc1. The van der Waals surface area contributed by atoms with Crippen LogP contribution in [0, 0.1) is 5.82 Å². The number of aromatic nitrogens is 2. The van der Waals surface area contributed by atoms with Crippen LogP contribution in [0.1, 0.15) is 22.3 Å². The van der Waals surface area contributed by atoms with Gasteiger partial charge < -0.3 is 5.11 Å². The minimum atomic E-state index is -2.92. The van der Waals surface area contributed by atoms with Crippen molar-refractivity contribution in [1.82, 2.24) is 10.2 Å². The van der Waals surface area contributed by atoms with Crippen molar-refractivity contribution in [1.29, 1.82) is 0 Å². The van der Waals surface area contributed by atoms with E-state index >= 15 is 0 Å². The van der Waals surface area contributed by atoms with E-state index in [2.05, 4.69) is 10.2 Å². The van der Waals surface area contributed by atoms with Gasteiger partial charge in [-0.15, -0.1) is 0 Å². The fourth-order valence-electron chi connectivity index (χ4n) is 3.57. The summed E-state index contributed by atoms with van der Waals surface area (Å²) in [6.45, 7) is 0. The van der Waals surface area contributed by atoms with Crippen molar-refractivity contribution < 1.29 is 23.1 Å². The van der Waals surface area contributed by atoms with E-state index in [-0.39, 0.29) is 21.7 Å². The number of carbonyl (C=O) groups is 1.